The summed E-state index contributed by atoms with van der Waals surface area (Å²) >= 11 is 6.56. The second-order valence-corrected chi connectivity index (χ2v) is 8.32. The van der Waals surface area contributed by atoms with Crippen molar-refractivity contribution in [2.45, 2.75) is 12.8 Å². The van der Waals surface area contributed by atoms with Gasteiger partial charge in [0.15, 0.2) is 0 Å². The predicted molar refractivity (Wildman–Crippen MR) is 124 cm³/mol. The minimum atomic E-state index is -1.06. The largest absolute Gasteiger partial charge is 0.497 e. The summed E-state index contributed by atoms with van der Waals surface area (Å²) in [5.41, 5.74) is 1.35. The highest BCUT2D eigenvalue weighted by Gasteiger charge is 2.31. The van der Waals surface area contributed by atoms with Crippen molar-refractivity contribution in [2.24, 2.45) is 0 Å². The SMILES string of the molecule is COc1cccc(C=C2SC(=S)N(CCCC(=O)Nc3cccc(C(=O)O)c3)C2=O)c1. The number of hydrogen-bond donors (Lipinski definition) is 2. The van der Waals surface area contributed by atoms with Gasteiger partial charge in [0, 0.05) is 18.7 Å². The number of nitrogens with one attached hydrogen (secondary N) is 1. The zero-order valence-electron chi connectivity index (χ0n) is 16.7. The number of ether oxygens (including phenoxy) is 1. The number of carbonyl (C=O) groups excluding carboxylic acids is 2. The van der Waals surface area contributed by atoms with Crippen LogP contribution in [-0.4, -0.2) is 45.8 Å². The first-order valence-electron chi connectivity index (χ1n) is 9.40. The van der Waals surface area contributed by atoms with Crippen molar-refractivity contribution in [1.82, 2.24) is 4.90 Å². The fourth-order valence-electron chi connectivity index (χ4n) is 2.93. The smallest absolute Gasteiger partial charge is 0.335 e. The third-order valence-electron chi connectivity index (χ3n) is 4.44. The van der Waals surface area contributed by atoms with Crippen molar-refractivity contribution in [1.29, 1.82) is 0 Å². The number of thiocarbonyl (C=S) groups is 1. The Balaban J connectivity index is 1.54. The van der Waals surface area contributed by atoms with Crippen LogP contribution in [0.5, 0.6) is 5.75 Å². The highest BCUT2D eigenvalue weighted by Crippen LogP contribution is 2.33. The van der Waals surface area contributed by atoms with E-state index >= 15 is 0 Å². The molecule has 0 unspecified atom stereocenters. The first-order chi connectivity index (χ1) is 14.9. The highest BCUT2D eigenvalue weighted by atomic mass is 32.2. The van der Waals surface area contributed by atoms with Gasteiger partial charge in [0.05, 0.1) is 17.6 Å². The summed E-state index contributed by atoms with van der Waals surface area (Å²) in [5.74, 6) is -0.816. The van der Waals surface area contributed by atoms with Crippen molar-refractivity contribution in [2.75, 3.05) is 19.0 Å². The molecule has 9 heteroatoms. The molecular weight excluding hydrogens is 436 g/mol. The van der Waals surface area contributed by atoms with Crippen LogP contribution < -0.4 is 10.1 Å². The Bertz CT molecular complexity index is 1070. The van der Waals surface area contributed by atoms with Gasteiger partial charge in [-0.15, -0.1) is 0 Å². The normalized spacial score (nSPS) is 14.7. The van der Waals surface area contributed by atoms with Crippen molar-refractivity contribution in [3.63, 3.8) is 0 Å². The molecule has 160 valence electrons. The molecule has 2 aromatic rings. The maximum atomic E-state index is 12.7. The van der Waals surface area contributed by atoms with Crippen LogP contribution in [0.3, 0.4) is 0 Å². The van der Waals surface area contributed by atoms with E-state index in [1.54, 1.807) is 25.3 Å². The van der Waals surface area contributed by atoms with Crippen molar-refractivity contribution in [3.05, 3.63) is 64.6 Å². The van der Waals surface area contributed by atoms with Crippen LogP contribution in [0.25, 0.3) is 6.08 Å². The van der Waals surface area contributed by atoms with E-state index < -0.39 is 5.97 Å². The van der Waals surface area contributed by atoms with Gasteiger partial charge in [-0.2, -0.15) is 0 Å². The second-order valence-electron chi connectivity index (χ2n) is 6.65. The second kappa shape index (κ2) is 10.2. The van der Waals surface area contributed by atoms with Gasteiger partial charge in [0.2, 0.25) is 5.91 Å². The van der Waals surface area contributed by atoms with Crippen molar-refractivity contribution < 1.29 is 24.2 Å². The van der Waals surface area contributed by atoms with E-state index in [2.05, 4.69) is 5.32 Å². The molecule has 7 nitrogen and oxygen atoms in total. The summed E-state index contributed by atoms with van der Waals surface area (Å²) in [6.07, 6.45) is 2.36. The van der Waals surface area contributed by atoms with Crippen LogP contribution in [0.4, 0.5) is 5.69 Å². The third kappa shape index (κ3) is 5.93. The standard InChI is InChI=1S/C22H20N2O5S2/c1-29-17-8-2-5-14(11-17)12-18-20(26)24(22(30)31-18)10-4-9-19(25)23-16-7-3-6-15(13-16)21(27)28/h2-3,5-8,11-13H,4,9-10H2,1H3,(H,23,25)(H,27,28). The van der Waals surface area contributed by atoms with Gasteiger partial charge in [-0.1, -0.05) is 42.2 Å². The lowest BCUT2D eigenvalue weighted by Gasteiger charge is -2.14. The van der Waals surface area contributed by atoms with Gasteiger partial charge < -0.3 is 15.2 Å². The van der Waals surface area contributed by atoms with Gasteiger partial charge in [0.1, 0.15) is 10.1 Å². The van der Waals surface area contributed by atoms with E-state index in [0.29, 0.717) is 33.6 Å². The van der Waals surface area contributed by atoms with E-state index in [9.17, 15) is 14.4 Å². The Labute approximate surface area is 189 Å². The van der Waals surface area contributed by atoms with Crippen LogP contribution in [0, 0.1) is 0 Å². The average Bonchev–Trinajstić information content (AvgIpc) is 3.01. The average molecular weight is 457 g/mol. The Hall–Kier alpha value is -3.17. The van der Waals surface area contributed by atoms with E-state index in [4.69, 9.17) is 22.1 Å². The van der Waals surface area contributed by atoms with Crippen LogP contribution >= 0.6 is 24.0 Å². The van der Waals surface area contributed by atoms with Crippen LogP contribution in [0.2, 0.25) is 0 Å². The zero-order valence-corrected chi connectivity index (χ0v) is 18.3. The number of carboxylic acid groups (broad SMARTS) is 1. The molecule has 2 aromatic carbocycles. The fourth-order valence-corrected chi connectivity index (χ4v) is 4.24. The number of carbonyl (C=O) groups is 3. The molecule has 0 spiro atoms. The minimum absolute atomic E-state index is 0.0955. The lowest BCUT2D eigenvalue weighted by molar-refractivity contribution is -0.122. The lowest BCUT2D eigenvalue weighted by atomic mass is 10.2. The number of rotatable bonds is 8. The summed E-state index contributed by atoms with van der Waals surface area (Å²) in [7, 11) is 1.58. The molecule has 1 aliphatic heterocycles. The summed E-state index contributed by atoms with van der Waals surface area (Å²) in [5, 5.41) is 11.7. The molecule has 1 aliphatic rings. The topological polar surface area (TPSA) is 95.9 Å². The molecule has 0 radical (unpaired) electrons. The molecule has 1 heterocycles. The van der Waals surface area contributed by atoms with Gasteiger partial charge >= 0.3 is 5.97 Å². The van der Waals surface area contributed by atoms with E-state index in [-0.39, 0.29) is 23.8 Å². The van der Waals surface area contributed by atoms with E-state index in [0.717, 1.165) is 5.56 Å². The van der Waals surface area contributed by atoms with Crippen molar-refractivity contribution >= 4 is 57.8 Å². The molecular formula is C22H20N2O5S2. The van der Waals surface area contributed by atoms with Gasteiger partial charge in [-0.25, -0.2) is 4.79 Å². The molecule has 0 bridgehead atoms. The van der Waals surface area contributed by atoms with Gasteiger partial charge in [0.25, 0.3) is 5.91 Å². The number of nitrogens with zero attached hydrogens (tertiary/aromatic N) is 1. The van der Waals surface area contributed by atoms with Crippen LogP contribution in [0.1, 0.15) is 28.8 Å². The quantitative estimate of drug-likeness (QED) is 0.458. The molecule has 1 fully saturated rings. The van der Waals surface area contributed by atoms with Gasteiger partial charge in [-0.05, 0) is 48.4 Å². The van der Waals surface area contributed by atoms with Crippen LogP contribution in [0.15, 0.2) is 53.4 Å². The molecule has 2 amide bonds. The molecule has 2 N–H and O–H groups in total. The lowest BCUT2D eigenvalue weighted by Crippen LogP contribution is -2.29. The number of anilines is 1. The number of amides is 2. The number of hydrogen-bond acceptors (Lipinski definition) is 6. The molecule has 3 rings (SSSR count). The van der Waals surface area contributed by atoms with Gasteiger partial charge in [-0.3, -0.25) is 14.5 Å². The molecule has 0 aliphatic carbocycles. The maximum Gasteiger partial charge on any atom is 0.335 e. The minimum Gasteiger partial charge on any atom is -0.497 e. The number of aromatic carboxylic acids is 1. The number of carboxylic acids is 1. The predicted octanol–water partition coefficient (Wildman–Crippen LogP) is 4.01. The summed E-state index contributed by atoms with van der Waals surface area (Å²) in [4.78, 5) is 37.9. The first-order valence-corrected chi connectivity index (χ1v) is 10.6. The Morgan fingerprint density at radius 1 is 1.23 bits per heavy atom. The monoisotopic (exact) mass is 456 g/mol. The Morgan fingerprint density at radius 2 is 2.00 bits per heavy atom. The maximum absolute atomic E-state index is 12.7. The molecule has 0 saturated carbocycles. The van der Waals surface area contributed by atoms with E-state index in [1.807, 2.05) is 24.3 Å². The van der Waals surface area contributed by atoms with E-state index in [1.165, 1.54) is 28.8 Å². The summed E-state index contributed by atoms with van der Waals surface area (Å²) in [6, 6.07) is 13.4. The highest BCUT2D eigenvalue weighted by molar-refractivity contribution is 8.26. The molecule has 0 atom stereocenters. The molecule has 1 saturated heterocycles. The Morgan fingerprint density at radius 3 is 2.74 bits per heavy atom. The molecule has 31 heavy (non-hydrogen) atoms. The van der Waals surface area contributed by atoms with Crippen LogP contribution in [-0.2, 0) is 9.59 Å². The number of thioether (sulfide) groups is 1. The third-order valence-corrected chi connectivity index (χ3v) is 5.82. The molecule has 0 aromatic heterocycles. The number of methoxy groups -OCH3 is 1. The Kier molecular flexibility index (Phi) is 7.43. The number of benzene rings is 2. The first kappa shape index (κ1) is 22.5. The summed E-state index contributed by atoms with van der Waals surface area (Å²) < 4.78 is 5.65. The zero-order chi connectivity index (χ0) is 22.4. The summed E-state index contributed by atoms with van der Waals surface area (Å²) in [6.45, 7) is 0.322. The van der Waals surface area contributed by atoms with Crippen molar-refractivity contribution in [3.8, 4) is 5.75 Å². The fraction of sp³-hybridized carbons (Fsp3) is 0.182.